The maximum atomic E-state index is 6.05. The molecule has 0 radical (unpaired) electrons. The minimum absolute atomic E-state index is 0.757. The van der Waals surface area contributed by atoms with E-state index in [1.165, 1.54) is 5.56 Å². The molecule has 0 atom stereocenters. The van der Waals surface area contributed by atoms with Crippen molar-refractivity contribution in [3.8, 4) is 0 Å². The molecule has 3 heteroatoms. The van der Waals surface area contributed by atoms with E-state index in [0.717, 1.165) is 29.5 Å². The Morgan fingerprint density at radius 1 is 0.889 bits per heavy atom. The molecule has 2 rings (SSSR count). The largest absolute Gasteiger partial charge is 0.383 e. The molecule has 94 valence electrons. The monoisotopic (exact) mass is 260 g/mol. The molecular weight excluding hydrogens is 244 g/mol. The Morgan fingerprint density at radius 2 is 1.56 bits per heavy atom. The van der Waals surface area contributed by atoms with Gasteiger partial charge in [-0.15, -0.1) is 0 Å². The molecule has 0 spiro atoms. The lowest BCUT2D eigenvalue weighted by molar-refractivity contribution is 1.08. The summed E-state index contributed by atoms with van der Waals surface area (Å²) in [6.07, 6.45) is 0. The molecule has 0 bridgehead atoms. The molecule has 18 heavy (non-hydrogen) atoms. The van der Waals surface area contributed by atoms with E-state index in [1.54, 1.807) is 0 Å². The summed E-state index contributed by atoms with van der Waals surface area (Å²) >= 11 is 6.05. The van der Waals surface area contributed by atoms with Crippen LogP contribution in [0.3, 0.4) is 0 Å². The summed E-state index contributed by atoms with van der Waals surface area (Å²) in [5.74, 6) is 0. The molecule has 0 aliphatic heterocycles. The van der Waals surface area contributed by atoms with Crippen LogP contribution in [0.2, 0.25) is 5.02 Å². The second kappa shape index (κ2) is 6.31. The van der Waals surface area contributed by atoms with Gasteiger partial charge in [0.1, 0.15) is 0 Å². The zero-order valence-corrected chi connectivity index (χ0v) is 11.2. The Morgan fingerprint density at radius 3 is 2.28 bits per heavy atom. The number of benzene rings is 2. The van der Waals surface area contributed by atoms with Gasteiger partial charge in [0.15, 0.2) is 0 Å². The first-order valence-electron chi connectivity index (χ1n) is 6.04. The standard InChI is InChI=1S/C15H17ClN2/c1-12-6-8-13(9-7-12)17-10-11-18-15-5-3-2-4-14(15)16/h2-9,17-18H,10-11H2,1H3. The van der Waals surface area contributed by atoms with Crippen molar-refractivity contribution in [2.24, 2.45) is 0 Å². The summed E-state index contributed by atoms with van der Waals surface area (Å²) in [6.45, 7) is 3.77. The highest BCUT2D eigenvalue weighted by Gasteiger charge is 1.96. The molecular formula is C15H17ClN2. The summed E-state index contributed by atoms with van der Waals surface area (Å²) in [5.41, 5.74) is 3.39. The van der Waals surface area contributed by atoms with Gasteiger partial charge in [-0.1, -0.05) is 41.4 Å². The number of nitrogens with one attached hydrogen (secondary N) is 2. The van der Waals surface area contributed by atoms with Gasteiger partial charge >= 0.3 is 0 Å². The topological polar surface area (TPSA) is 24.1 Å². The van der Waals surface area contributed by atoms with Crippen molar-refractivity contribution >= 4 is 23.0 Å². The molecule has 0 aliphatic rings. The lowest BCUT2D eigenvalue weighted by Crippen LogP contribution is -2.13. The van der Waals surface area contributed by atoms with E-state index in [-0.39, 0.29) is 0 Å². The molecule has 0 fully saturated rings. The third-order valence-corrected chi connectivity index (χ3v) is 3.02. The molecule has 0 heterocycles. The number of hydrogen-bond acceptors (Lipinski definition) is 2. The van der Waals surface area contributed by atoms with Gasteiger partial charge in [-0.25, -0.2) is 0 Å². The van der Waals surface area contributed by atoms with Crippen molar-refractivity contribution in [3.63, 3.8) is 0 Å². The van der Waals surface area contributed by atoms with E-state index in [9.17, 15) is 0 Å². The van der Waals surface area contributed by atoms with Crippen LogP contribution in [0.1, 0.15) is 5.56 Å². The molecule has 2 aromatic rings. The normalized spacial score (nSPS) is 10.1. The van der Waals surface area contributed by atoms with Crippen LogP contribution in [-0.4, -0.2) is 13.1 Å². The Labute approximate surface area is 113 Å². The quantitative estimate of drug-likeness (QED) is 0.789. The second-order valence-corrected chi connectivity index (χ2v) is 4.61. The van der Waals surface area contributed by atoms with Crippen LogP contribution in [0.15, 0.2) is 48.5 Å². The SMILES string of the molecule is Cc1ccc(NCCNc2ccccc2Cl)cc1. The van der Waals surface area contributed by atoms with Crippen molar-refractivity contribution in [1.29, 1.82) is 0 Å². The molecule has 2 aromatic carbocycles. The third kappa shape index (κ3) is 3.67. The number of para-hydroxylation sites is 1. The van der Waals surface area contributed by atoms with Gasteiger partial charge < -0.3 is 10.6 Å². The van der Waals surface area contributed by atoms with Crippen LogP contribution >= 0.6 is 11.6 Å². The molecule has 0 unspecified atom stereocenters. The van der Waals surface area contributed by atoms with Gasteiger partial charge in [0.05, 0.1) is 10.7 Å². The number of aryl methyl sites for hydroxylation is 1. The number of hydrogen-bond donors (Lipinski definition) is 2. The van der Waals surface area contributed by atoms with E-state index in [4.69, 9.17) is 11.6 Å². The smallest absolute Gasteiger partial charge is 0.0637 e. The fourth-order valence-corrected chi connectivity index (χ4v) is 1.88. The first kappa shape index (κ1) is 12.8. The molecule has 2 N–H and O–H groups in total. The van der Waals surface area contributed by atoms with Crippen molar-refractivity contribution in [2.75, 3.05) is 23.7 Å². The van der Waals surface area contributed by atoms with Crippen molar-refractivity contribution < 1.29 is 0 Å². The van der Waals surface area contributed by atoms with Crippen LogP contribution in [0, 0.1) is 6.92 Å². The first-order valence-corrected chi connectivity index (χ1v) is 6.42. The predicted molar refractivity (Wildman–Crippen MR) is 79.6 cm³/mol. The van der Waals surface area contributed by atoms with E-state index < -0.39 is 0 Å². The van der Waals surface area contributed by atoms with Crippen LogP contribution < -0.4 is 10.6 Å². The molecule has 0 saturated carbocycles. The zero-order valence-electron chi connectivity index (χ0n) is 10.4. The highest BCUT2D eigenvalue weighted by atomic mass is 35.5. The average molecular weight is 261 g/mol. The Bertz CT molecular complexity index is 494. The van der Waals surface area contributed by atoms with E-state index in [1.807, 2.05) is 24.3 Å². The van der Waals surface area contributed by atoms with Crippen molar-refractivity contribution in [3.05, 3.63) is 59.1 Å². The molecule has 2 nitrogen and oxygen atoms in total. The van der Waals surface area contributed by atoms with Crippen molar-refractivity contribution in [2.45, 2.75) is 6.92 Å². The lowest BCUT2D eigenvalue weighted by atomic mass is 10.2. The number of halogens is 1. The summed E-state index contributed by atoms with van der Waals surface area (Å²) < 4.78 is 0. The number of anilines is 2. The summed E-state index contributed by atoms with van der Waals surface area (Å²) in [5, 5.41) is 7.41. The van der Waals surface area contributed by atoms with Crippen molar-refractivity contribution in [1.82, 2.24) is 0 Å². The fourth-order valence-electron chi connectivity index (χ4n) is 1.68. The number of rotatable bonds is 5. The summed E-state index contributed by atoms with van der Waals surface area (Å²) in [4.78, 5) is 0. The molecule has 0 saturated heterocycles. The second-order valence-electron chi connectivity index (χ2n) is 4.20. The van der Waals surface area contributed by atoms with Gasteiger partial charge in [-0.3, -0.25) is 0 Å². The van der Waals surface area contributed by atoms with Gasteiger partial charge in [0, 0.05) is 18.8 Å². The Hall–Kier alpha value is -1.67. The highest BCUT2D eigenvalue weighted by molar-refractivity contribution is 6.33. The molecule has 0 amide bonds. The van der Waals surface area contributed by atoms with Gasteiger partial charge in [-0.05, 0) is 31.2 Å². The third-order valence-electron chi connectivity index (χ3n) is 2.69. The molecule has 0 aromatic heterocycles. The van der Waals surface area contributed by atoms with Gasteiger partial charge in [-0.2, -0.15) is 0 Å². The predicted octanol–water partition coefficient (Wildman–Crippen LogP) is 4.17. The van der Waals surface area contributed by atoms with Crippen LogP contribution in [0.5, 0.6) is 0 Å². The lowest BCUT2D eigenvalue weighted by Gasteiger charge is -2.10. The fraction of sp³-hybridized carbons (Fsp3) is 0.200. The molecule has 0 aliphatic carbocycles. The maximum absolute atomic E-state index is 6.05. The van der Waals surface area contributed by atoms with E-state index in [0.29, 0.717) is 0 Å². The van der Waals surface area contributed by atoms with Gasteiger partial charge in [0.25, 0.3) is 0 Å². The highest BCUT2D eigenvalue weighted by Crippen LogP contribution is 2.19. The summed E-state index contributed by atoms with van der Waals surface area (Å²) in [7, 11) is 0. The van der Waals surface area contributed by atoms with Gasteiger partial charge in [0.2, 0.25) is 0 Å². The minimum Gasteiger partial charge on any atom is -0.383 e. The maximum Gasteiger partial charge on any atom is 0.0637 e. The Balaban J connectivity index is 1.76. The summed E-state index contributed by atoms with van der Waals surface area (Å²) in [6, 6.07) is 16.1. The Kier molecular flexibility index (Phi) is 4.48. The van der Waals surface area contributed by atoms with E-state index in [2.05, 4.69) is 41.8 Å². The average Bonchev–Trinajstić information content (AvgIpc) is 2.39. The zero-order chi connectivity index (χ0) is 12.8. The first-order chi connectivity index (χ1) is 8.75. The van der Waals surface area contributed by atoms with Crippen LogP contribution in [0.25, 0.3) is 0 Å². The minimum atomic E-state index is 0.757. The van der Waals surface area contributed by atoms with Crippen LogP contribution in [-0.2, 0) is 0 Å². The van der Waals surface area contributed by atoms with Crippen LogP contribution in [0.4, 0.5) is 11.4 Å². The van der Waals surface area contributed by atoms with E-state index >= 15 is 0 Å².